The minimum atomic E-state index is -4.30. The van der Waals surface area contributed by atoms with E-state index in [9.17, 15) is 14.3 Å². The number of phosphoric ester groups is 1. The van der Waals surface area contributed by atoms with Gasteiger partial charge in [-0.05, 0) is 89.9 Å². The number of unbranched alkanes of at least 4 members (excludes halogenated alkanes) is 28. The van der Waals surface area contributed by atoms with E-state index in [1.165, 1.54) is 154 Å². The summed E-state index contributed by atoms with van der Waals surface area (Å²) in [5.41, 5.74) is 5.40. The number of rotatable bonds is 55. The second-order valence-corrected chi connectivity index (χ2v) is 20.6. The Hall–Kier alpha value is -2.32. The van der Waals surface area contributed by atoms with Crippen LogP contribution in [0.15, 0.2) is 85.1 Å². The van der Waals surface area contributed by atoms with Gasteiger partial charge in [-0.1, -0.05) is 247 Å². The lowest BCUT2D eigenvalue weighted by molar-refractivity contribution is -0.154. The van der Waals surface area contributed by atoms with Crippen molar-refractivity contribution in [3.63, 3.8) is 0 Å². The fourth-order valence-corrected chi connectivity index (χ4v) is 8.82. The third-order valence-electron chi connectivity index (χ3n) is 12.3. The van der Waals surface area contributed by atoms with Crippen LogP contribution in [-0.2, 0) is 27.9 Å². The average Bonchev–Trinajstić information content (AvgIpc) is 3.35. The van der Waals surface area contributed by atoms with E-state index in [2.05, 4.69) is 98.9 Å². The smallest absolute Gasteiger partial charge is 0.457 e. The van der Waals surface area contributed by atoms with Crippen LogP contribution in [0.25, 0.3) is 0 Å². The zero-order chi connectivity index (χ0) is 50.8. The van der Waals surface area contributed by atoms with Crippen molar-refractivity contribution in [1.82, 2.24) is 0 Å². The number of carbonyl (C=O) groups excluding carboxylic acids is 1. The molecular formula is C61H110NO7P. The molecule has 0 aromatic rings. The molecule has 8 nitrogen and oxygen atoms in total. The first-order valence-corrected chi connectivity index (χ1v) is 30.6. The zero-order valence-electron chi connectivity index (χ0n) is 45.5. The first-order valence-electron chi connectivity index (χ1n) is 29.1. The molecule has 0 aromatic heterocycles. The van der Waals surface area contributed by atoms with E-state index in [1.54, 1.807) is 0 Å². The largest absolute Gasteiger partial charge is 0.472 e. The van der Waals surface area contributed by atoms with Gasteiger partial charge in [0.05, 0.1) is 19.8 Å². The summed E-state index contributed by atoms with van der Waals surface area (Å²) in [7, 11) is -4.30. The monoisotopic (exact) mass is 1000 g/mol. The predicted octanol–water partition coefficient (Wildman–Crippen LogP) is 18.8. The molecule has 0 heterocycles. The molecule has 0 bridgehead atoms. The van der Waals surface area contributed by atoms with E-state index in [-0.39, 0.29) is 32.3 Å². The second kappa shape index (κ2) is 57.6. The van der Waals surface area contributed by atoms with Gasteiger partial charge in [0, 0.05) is 19.6 Å². The fraction of sp³-hybridized carbons (Fsp3) is 0.754. The molecular weight excluding hydrogens is 890 g/mol. The quantitative estimate of drug-likeness (QED) is 0.0268. The van der Waals surface area contributed by atoms with Crippen LogP contribution in [0.3, 0.4) is 0 Å². The van der Waals surface area contributed by atoms with Crippen LogP contribution in [0.1, 0.15) is 258 Å². The molecule has 0 aromatic carbocycles. The summed E-state index contributed by atoms with van der Waals surface area (Å²) in [5.74, 6) is -0.344. The molecule has 0 saturated carbocycles. The third kappa shape index (κ3) is 56.6. The number of phosphoric acid groups is 1. The molecule has 0 radical (unpaired) electrons. The maximum atomic E-state index is 12.7. The van der Waals surface area contributed by atoms with E-state index in [4.69, 9.17) is 24.3 Å². The molecule has 0 aliphatic rings. The lowest BCUT2D eigenvalue weighted by Crippen LogP contribution is -2.28. The van der Waals surface area contributed by atoms with Crippen LogP contribution in [0.4, 0.5) is 0 Å². The van der Waals surface area contributed by atoms with Crippen LogP contribution in [0.5, 0.6) is 0 Å². The Kier molecular flexibility index (Phi) is 55.7. The minimum Gasteiger partial charge on any atom is -0.457 e. The number of allylic oxidation sites excluding steroid dienone is 14. The number of hydrogen-bond donors (Lipinski definition) is 2. The summed E-state index contributed by atoms with van der Waals surface area (Å²) in [6.45, 7) is 4.81. The summed E-state index contributed by atoms with van der Waals surface area (Å²) in [6, 6.07) is 0. The van der Waals surface area contributed by atoms with Crippen molar-refractivity contribution in [3.8, 4) is 0 Å². The highest BCUT2D eigenvalue weighted by Crippen LogP contribution is 2.43. The van der Waals surface area contributed by atoms with Gasteiger partial charge < -0.3 is 20.1 Å². The van der Waals surface area contributed by atoms with Crippen LogP contribution >= 0.6 is 7.82 Å². The van der Waals surface area contributed by atoms with E-state index in [0.29, 0.717) is 13.0 Å². The van der Waals surface area contributed by atoms with E-state index in [1.807, 2.05) is 0 Å². The van der Waals surface area contributed by atoms with Gasteiger partial charge in [-0.25, -0.2) is 4.57 Å². The topological polar surface area (TPSA) is 117 Å². The van der Waals surface area contributed by atoms with Crippen LogP contribution in [-0.4, -0.2) is 49.9 Å². The number of carbonyl (C=O) groups is 1. The molecule has 0 rings (SSSR count). The lowest BCUT2D eigenvalue weighted by atomic mass is 10.0. The molecule has 0 aliphatic heterocycles. The Bertz CT molecular complexity index is 1350. The zero-order valence-corrected chi connectivity index (χ0v) is 46.4. The molecule has 406 valence electrons. The molecule has 9 heteroatoms. The van der Waals surface area contributed by atoms with Crippen molar-refractivity contribution < 1.29 is 32.8 Å². The highest BCUT2D eigenvalue weighted by Gasteiger charge is 2.25. The van der Waals surface area contributed by atoms with Gasteiger partial charge in [0.2, 0.25) is 0 Å². The van der Waals surface area contributed by atoms with Crippen LogP contribution in [0.2, 0.25) is 0 Å². The predicted molar refractivity (Wildman–Crippen MR) is 302 cm³/mol. The highest BCUT2D eigenvalue weighted by atomic mass is 31.2. The standard InChI is InChI=1S/C61H110NO7P/c1-3-5-7-9-11-13-15-17-19-21-23-25-27-29-31-33-35-37-39-41-43-45-47-49-51-53-56-66-58-60(59-68-70(64,65)67-57-55-62)69-61(63)54-52-50-48-46-44-42-40-38-36-34-32-30-28-26-24-22-20-18-16-14-12-10-8-6-4-2/h6,8,12,14,18,20-21,23-24,26,30,32,36,38,60H,3-5,7,9-11,13,15-17,19,22,25,27-29,31,33-35,37,39-59,62H2,1-2H3,(H,64,65)/b8-6-,14-12-,20-18-,23-21-,26-24-,32-30-,38-36-. The molecule has 0 spiro atoms. The van der Waals surface area contributed by atoms with Crippen molar-refractivity contribution in [3.05, 3.63) is 85.1 Å². The number of hydrogen-bond acceptors (Lipinski definition) is 7. The SMILES string of the molecule is CC/C=C\C/C=C\C/C=C\C/C=C\C/C=C\C/C=C\CCCCCCCCC(=O)OC(COCCCCCCCCCCCCCCCC/C=C\CCCCCCCCCC)COP(=O)(O)OCCN. The van der Waals surface area contributed by atoms with Crippen molar-refractivity contribution in [1.29, 1.82) is 0 Å². The minimum absolute atomic E-state index is 0.0944. The molecule has 2 unspecified atom stereocenters. The summed E-state index contributed by atoms with van der Waals surface area (Å²) in [6.07, 6.45) is 76.4. The lowest BCUT2D eigenvalue weighted by Gasteiger charge is -2.20. The van der Waals surface area contributed by atoms with Gasteiger partial charge >= 0.3 is 13.8 Å². The fourth-order valence-electron chi connectivity index (χ4n) is 8.06. The maximum absolute atomic E-state index is 12.7. The van der Waals surface area contributed by atoms with Gasteiger partial charge in [-0.15, -0.1) is 0 Å². The second-order valence-electron chi connectivity index (χ2n) is 19.1. The van der Waals surface area contributed by atoms with Crippen molar-refractivity contribution in [2.24, 2.45) is 5.73 Å². The molecule has 2 atom stereocenters. The Balaban J connectivity index is 3.93. The van der Waals surface area contributed by atoms with Gasteiger partial charge in [0.25, 0.3) is 0 Å². The van der Waals surface area contributed by atoms with Crippen molar-refractivity contribution in [2.75, 3.05) is 33.0 Å². The normalized spacial score (nSPS) is 13.8. The van der Waals surface area contributed by atoms with Gasteiger partial charge in [-0.2, -0.15) is 0 Å². The number of esters is 1. The van der Waals surface area contributed by atoms with Crippen LogP contribution in [0, 0.1) is 0 Å². The summed E-state index contributed by atoms with van der Waals surface area (Å²) >= 11 is 0. The Morgan fingerprint density at radius 2 is 0.800 bits per heavy atom. The third-order valence-corrected chi connectivity index (χ3v) is 13.3. The first kappa shape index (κ1) is 67.7. The van der Waals surface area contributed by atoms with Crippen molar-refractivity contribution >= 4 is 13.8 Å². The summed E-state index contributed by atoms with van der Waals surface area (Å²) < 4.78 is 33.7. The van der Waals surface area contributed by atoms with E-state index >= 15 is 0 Å². The van der Waals surface area contributed by atoms with Gasteiger partial charge in [-0.3, -0.25) is 13.8 Å². The van der Waals surface area contributed by atoms with Gasteiger partial charge in [0.1, 0.15) is 6.10 Å². The number of nitrogens with two attached hydrogens (primary N) is 1. The van der Waals surface area contributed by atoms with E-state index in [0.717, 1.165) is 83.5 Å². The number of ether oxygens (including phenoxy) is 2. The molecule has 0 saturated heterocycles. The maximum Gasteiger partial charge on any atom is 0.472 e. The first-order chi connectivity index (χ1) is 34.4. The summed E-state index contributed by atoms with van der Waals surface area (Å²) in [5, 5.41) is 0. The Morgan fingerprint density at radius 1 is 0.443 bits per heavy atom. The van der Waals surface area contributed by atoms with Gasteiger partial charge in [0.15, 0.2) is 0 Å². The summed E-state index contributed by atoms with van der Waals surface area (Å²) in [4.78, 5) is 22.7. The molecule has 0 aliphatic carbocycles. The van der Waals surface area contributed by atoms with Crippen molar-refractivity contribution in [2.45, 2.75) is 264 Å². The van der Waals surface area contributed by atoms with E-state index < -0.39 is 13.9 Å². The average molecular weight is 1000 g/mol. The molecule has 70 heavy (non-hydrogen) atoms. The van der Waals surface area contributed by atoms with Crippen LogP contribution < -0.4 is 5.73 Å². The molecule has 0 amide bonds. The molecule has 3 N–H and O–H groups in total. The Labute approximate surface area is 432 Å². The highest BCUT2D eigenvalue weighted by molar-refractivity contribution is 7.47. The Morgan fingerprint density at radius 3 is 1.21 bits per heavy atom. The molecule has 0 fully saturated rings.